The molecule has 0 aliphatic carbocycles. The predicted octanol–water partition coefficient (Wildman–Crippen LogP) is 2.82. The van der Waals surface area contributed by atoms with Gasteiger partial charge in [0.05, 0.1) is 18.1 Å². The molecular formula is C14H26ClNO2. The van der Waals surface area contributed by atoms with E-state index in [9.17, 15) is 4.79 Å². The molecule has 1 rings (SSSR count). The van der Waals surface area contributed by atoms with E-state index in [1.165, 1.54) is 0 Å². The number of alkyl halides is 1. The first-order valence-electron chi connectivity index (χ1n) is 6.96. The molecule has 1 fully saturated rings. The zero-order chi connectivity index (χ0) is 13.7. The molecule has 0 spiro atoms. The number of hydrogen-bond donors (Lipinski definition) is 1. The Morgan fingerprint density at radius 3 is 2.50 bits per heavy atom. The van der Waals surface area contributed by atoms with Gasteiger partial charge in [0, 0.05) is 12.4 Å². The third-order valence-electron chi connectivity index (χ3n) is 3.98. The molecule has 4 heteroatoms. The molecule has 1 aliphatic heterocycles. The highest BCUT2D eigenvalue weighted by atomic mass is 35.5. The van der Waals surface area contributed by atoms with Gasteiger partial charge in [0.2, 0.25) is 5.91 Å². The number of halogens is 1. The van der Waals surface area contributed by atoms with Crippen LogP contribution in [-0.2, 0) is 9.53 Å². The van der Waals surface area contributed by atoms with Gasteiger partial charge in [0.15, 0.2) is 0 Å². The number of carbonyl (C=O) groups is 1. The van der Waals surface area contributed by atoms with E-state index < -0.39 is 0 Å². The van der Waals surface area contributed by atoms with Crippen molar-refractivity contribution < 1.29 is 9.53 Å². The lowest BCUT2D eigenvalue weighted by molar-refractivity contribution is -0.127. The molecule has 0 bridgehead atoms. The summed E-state index contributed by atoms with van der Waals surface area (Å²) in [5, 5.41) is 3.02. The highest BCUT2D eigenvalue weighted by Crippen LogP contribution is 2.32. The molecule has 0 saturated carbocycles. The second-order valence-electron chi connectivity index (χ2n) is 5.62. The summed E-state index contributed by atoms with van der Waals surface area (Å²) >= 11 is 5.75. The van der Waals surface area contributed by atoms with Crippen LogP contribution in [0, 0.1) is 17.8 Å². The Balaban J connectivity index is 2.28. The number of nitrogens with one attached hydrogen (secondary N) is 1. The SMILES string of the molecule is CC(CCl)CCCNC(=O)C1C(C)OC(C)C1C. The Morgan fingerprint density at radius 2 is 2.00 bits per heavy atom. The van der Waals surface area contributed by atoms with Gasteiger partial charge in [0.1, 0.15) is 0 Å². The van der Waals surface area contributed by atoms with Crippen LogP contribution < -0.4 is 5.32 Å². The molecule has 1 aliphatic rings. The van der Waals surface area contributed by atoms with Gasteiger partial charge in [-0.05, 0) is 38.5 Å². The minimum Gasteiger partial charge on any atom is -0.374 e. The van der Waals surface area contributed by atoms with Crippen LogP contribution in [0.2, 0.25) is 0 Å². The van der Waals surface area contributed by atoms with E-state index in [0.29, 0.717) is 17.7 Å². The van der Waals surface area contributed by atoms with E-state index >= 15 is 0 Å². The predicted molar refractivity (Wildman–Crippen MR) is 74.8 cm³/mol. The molecule has 0 aromatic carbocycles. The van der Waals surface area contributed by atoms with Gasteiger partial charge < -0.3 is 10.1 Å². The lowest BCUT2D eigenvalue weighted by Gasteiger charge is -2.18. The summed E-state index contributed by atoms with van der Waals surface area (Å²) in [6.07, 6.45) is 2.25. The van der Waals surface area contributed by atoms with Crippen LogP contribution in [0.25, 0.3) is 0 Å². The van der Waals surface area contributed by atoms with Gasteiger partial charge in [-0.1, -0.05) is 13.8 Å². The van der Waals surface area contributed by atoms with Crippen LogP contribution in [0.4, 0.5) is 0 Å². The topological polar surface area (TPSA) is 38.3 Å². The van der Waals surface area contributed by atoms with Crippen molar-refractivity contribution in [1.82, 2.24) is 5.32 Å². The van der Waals surface area contributed by atoms with E-state index in [2.05, 4.69) is 19.2 Å². The fraction of sp³-hybridized carbons (Fsp3) is 0.929. The van der Waals surface area contributed by atoms with E-state index in [-0.39, 0.29) is 24.0 Å². The summed E-state index contributed by atoms with van der Waals surface area (Å²) in [4.78, 5) is 12.1. The van der Waals surface area contributed by atoms with Crippen LogP contribution >= 0.6 is 11.6 Å². The molecule has 1 N–H and O–H groups in total. The maximum absolute atomic E-state index is 12.1. The number of rotatable bonds is 6. The lowest BCUT2D eigenvalue weighted by Crippen LogP contribution is -2.37. The number of ether oxygens (including phenoxy) is 1. The molecule has 106 valence electrons. The van der Waals surface area contributed by atoms with Gasteiger partial charge in [-0.2, -0.15) is 0 Å². The maximum atomic E-state index is 12.1. The molecule has 0 radical (unpaired) electrons. The maximum Gasteiger partial charge on any atom is 0.226 e. The molecule has 0 aromatic rings. The molecule has 3 nitrogen and oxygen atoms in total. The van der Waals surface area contributed by atoms with Crippen molar-refractivity contribution in [2.45, 2.75) is 52.7 Å². The highest BCUT2D eigenvalue weighted by Gasteiger charge is 2.41. The number of carbonyl (C=O) groups excluding carboxylic acids is 1. The zero-order valence-electron chi connectivity index (χ0n) is 11.9. The first-order valence-corrected chi connectivity index (χ1v) is 7.50. The van der Waals surface area contributed by atoms with Crippen LogP contribution in [0.1, 0.15) is 40.5 Å². The summed E-state index contributed by atoms with van der Waals surface area (Å²) in [6.45, 7) is 8.99. The van der Waals surface area contributed by atoms with Crippen LogP contribution in [0.15, 0.2) is 0 Å². The van der Waals surface area contributed by atoms with Crippen molar-refractivity contribution >= 4 is 17.5 Å². The second kappa shape index (κ2) is 7.34. The van der Waals surface area contributed by atoms with Crippen molar-refractivity contribution in [3.05, 3.63) is 0 Å². The average molecular weight is 276 g/mol. The zero-order valence-corrected chi connectivity index (χ0v) is 12.7. The van der Waals surface area contributed by atoms with E-state index in [0.717, 1.165) is 19.4 Å². The Hall–Kier alpha value is -0.280. The molecule has 1 amide bonds. The first kappa shape index (κ1) is 15.8. The molecule has 18 heavy (non-hydrogen) atoms. The number of amides is 1. The van der Waals surface area contributed by atoms with Gasteiger partial charge in [0.25, 0.3) is 0 Å². The van der Waals surface area contributed by atoms with Gasteiger partial charge >= 0.3 is 0 Å². The summed E-state index contributed by atoms with van der Waals surface area (Å²) in [7, 11) is 0. The van der Waals surface area contributed by atoms with E-state index in [1.807, 2.05) is 13.8 Å². The van der Waals surface area contributed by atoms with Crippen molar-refractivity contribution in [2.75, 3.05) is 12.4 Å². The highest BCUT2D eigenvalue weighted by molar-refractivity contribution is 6.18. The fourth-order valence-corrected chi connectivity index (χ4v) is 2.73. The normalized spacial score (nSPS) is 33.4. The Morgan fingerprint density at radius 1 is 1.33 bits per heavy atom. The smallest absolute Gasteiger partial charge is 0.226 e. The fourth-order valence-electron chi connectivity index (χ4n) is 2.58. The molecule has 0 aromatic heterocycles. The van der Waals surface area contributed by atoms with Crippen molar-refractivity contribution in [2.24, 2.45) is 17.8 Å². The summed E-state index contributed by atoms with van der Waals surface area (Å²) < 4.78 is 5.69. The molecule has 5 unspecified atom stereocenters. The Labute approximate surface area is 116 Å². The van der Waals surface area contributed by atoms with Crippen LogP contribution in [0.3, 0.4) is 0 Å². The number of hydrogen-bond acceptors (Lipinski definition) is 2. The summed E-state index contributed by atoms with van der Waals surface area (Å²) in [6, 6.07) is 0. The molecule has 5 atom stereocenters. The van der Waals surface area contributed by atoms with Crippen molar-refractivity contribution in [3.63, 3.8) is 0 Å². The Bertz CT molecular complexity index is 273. The standard InChI is InChI=1S/C14H26ClNO2/c1-9(8-15)6-5-7-16-14(17)13-10(2)11(3)18-12(13)4/h9-13H,5-8H2,1-4H3,(H,16,17). The minimum atomic E-state index is -0.00884. The second-order valence-corrected chi connectivity index (χ2v) is 5.93. The summed E-state index contributed by atoms with van der Waals surface area (Å²) in [5.74, 6) is 1.64. The van der Waals surface area contributed by atoms with Gasteiger partial charge in [-0.3, -0.25) is 4.79 Å². The van der Waals surface area contributed by atoms with E-state index in [1.54, 1.807) is 0 Å². The Kier molecular flexibility index (Phi) is 6.44. The molecular weight excluding hydrogens is 250 g/mol. The first-order chi connectivity index (χ1) is 8.47. The largest absolute Gasteiger partial charge is 0.374 e. The van der Waals surface area contributed by atoms with Crippen molar-refractivity contribution in [1.29, 1.82) is 0 Å². The van der Waals surface area contributed by atoms with Gasteiger partial charge in [-0.15, -0.1) is 11.6 Å². The summed E-state index contributed by atoms with van der Waals surface area (Å²) in [5.41, 5.74) is 0. The van der Waals surface area contributed by atoms with Crippen LogP contribution in [0.5, 0.6) is 0 Å². The van der Waals surface area contributed by atoms with E-state index in [4.69, 9.17) is 16.3 Å². The molecule has 1 heterocycles. The third-order valence-corrected chi connectivity index (χ3v) is 4.51. The quantitative estimate of drug-likeness (QED) is 0.598. The minimum absolute atomic E-state index is 0.00884. The lowest BCUT2D eigenvalue weighted by atomic mass is 9.89. The van der Waals surface area contributed by atoms with Crippen molar-refractivity contribution in [3.8, 4) is 0 Å². The monoisotopic (exact) mass is 275 g/mol. The third kappa shape index (κ3) is 4.13. The average Bonchev–Trinajstić information content (AvgIpc) is 2.58. The molecule has 1 saturated heterocycles. The van der Waals surface area contributed by atoms with Crippen LogP contribution in [-0.4, -0.2) is 30.5 Å². The van der Waals surface area contributed by atoms with Gasteiger partial charge in [-0.25, -0.2) is 0 Å².